The van der Waals surface area contributed by atoms with Crippen LogP contribution in [0.1, 0.15) is 32.3 Å². The summed E-state index contributed by atoms with van der Waals surface area (Å²) in [4.78, 5) is 2.48. The van der Waals surface area contributed by atoms with Crippen molar-refractivity contribution in [1.29, 1.82) is 0 Å². The van der Waals surface area contributed by atoms with Gasteiger partial charge in [0.25, 0.3) is 0 Å². The van der Waals surface area contributed by atoms with Crippen molar-refractivity contribution in [1.82, 2.24) is 0 Å². The molecule has 1 rings (SSSR count). The smallest absolute Gasteiger partial charge is 0.0368 e. The molecule has 1 nitrogen and oxygen atoms in total. The number of hydrogen-bond acceptors (Lipinski definition) is 1. The molecule has 0 saturated heterocycles. The molecule has 0 heterocycles. The highest BCUT2D eigenvalue weighted by molar-refractivity contribution is 9.09. The summed E-state index contributed by atoms with van der Waals surface area (Å²) < 4.78 is 0. The van der Waals surface area contributed by atoms with Crippen molar-refractivity contribution in [3.8, 4) is 0 Å². The van der Waals surface area contributed by atoms with E-state index in [9.17, 15) is 0 Å². The number of nitrogens with zero attached hydrogens (tertiary/aromatic N) is 1. The molecule has 1 unspecified atom stereocenters. The van der Waals surface area contributed by atoms with E-state index >= 15 is 0 Å². The van der Waals surface area contributed by atoms with E-state index in [4.69, 9.17) is 0 Å². The first-order valence-electron chi connectivity index (χ1n) is 6.58. The predicted octanol–water partition coefficient (Wildman–Crippen LogP) is 4.63. The summed E-state index contributed by atoms with van der Waals surface area (Å²) in [5.74, 6) is 0.750. The van der Waals surface area contributed by atoms with E-state index in [1.807, 2.05) is 0 Å². The fourth-order valence-electron chi connectivity index (χ4n) is 2.18. The van der Waals surface area contributed by atoms with Crippen molar-refractivity contribution < 1.29 is 0 Å². The Morgan fingerprint density at radius 2 is 2.06 bits per heavy atom. The second-order valence-electron chi connectivity index (χ2n) is 4.69. The Balaban J connectivity index is 2.70. The standard InChI is InChI=1S/C15H24BrN/c1-4-7-14(11-16)12-17(5-2)15-9-6-8-13(3)10-15/h6,8-10,14H,4-5,7,11-12H2,1-3H3. The first kappa shape index (κ1) is 14.6. The molecule has 0 bridgehead atoms. The molecule has 1 aromatic carbocycles. The lowest BCUT2D eigenvalue weighted by molar-refractivity contribution is 0.526. The van der Waals surface area contributed by atoms with Crippen molar-refractivity contribution in [3.05, 3.63) is 29.8 Å². The number of hydrogen-bond donors (Lipinski definition) is 0. The van der Waals surface area contributed by atoms with E-state index in [1.54, 1.807) is 0 Å². The zero-order chi connectivity index (χ0) is 12.7. The molecule has 96 valence electrons. The van der Waals surface area contributed by atoms with Gasteiger partial charge in [-0.2, -0.15) is 0 Å². The van der Waals surface area contributed by atoms with Crippen LogP contribution in [-0.2, 0) is 0 Å². The van der Waals surface area contributed by atoms with Crippen LogP contribution in [0.25, 0.3) is 0 Å². The van der Waals surface area contributed by atoms with Crippen molar-refractivity contribution in [2.75, 3.05) is 23.3 Å². The van der Waals surface area contributed by atoms with Crippen molar-refractivity contribution in [2.24, 2.45) is 5.92 Å². The summed E-state index contributed by atoms with van der Waals surface area (Å²) >= 11 is 3.63. The molecule has 0 N–H and O–H groups in total. The van der Waals surface area contributed by atoms with Gasteiger partial charge in [0, 0.05) is 24.1 Å². The summed E-state index contributed by atoms with van der Waals surface area (Å²) in [5, 5.41) is 1.10. The van der Waals surface area contributed by atoms with Gasteiger partial charge in [0.15, 0.2) is 0 Å². The zero-order valence-corrected chi connectivity index (χ0v) is 12.8. The van der Waals surface area contributed by atoms with Crippen LogP contribution in [0.15, 0.2) is 24.3 Å². The van der Waals surface area contributed by atoms with E-state index in [0.29, 0.717) is 0 Å². The number of alkyl halides is 1. The van der Waals surface area contributed by atoms with Crippen LogP contribution in [0.5, 0.6) is 0 Å². The Morgan fingerprint density at radius 1 is 1.29 bits per heavy atom. The average Bonchev–Trinajstić information content (AvgIpc) is 2.34. The van der Waals surface area contributed by atoms with Gasteiger partial charge in [-0.3, -0.25) is 0 Å². The van der Waals surface area contributed by atoms with Gasteiger partial charge >= 0.3 is 0 Å². The van der Waals surface area contributed by atoms with Gasteiger partial charge in [-0.05, 0) is 43.9 Å². The SMILES string of the molecule is CCCC(CBr)CN(CC)c1cccc(C)c1. The van der Waals surface area contributed by atoms with E-state index in [2.05, 4.69) is 65.9 Å². The minimum absolute atomic E-state index is 0.750. The van der Waals surface area contributed by atoms with Crippen molar-refractivity contribution in [2.45, 2.75) is 33.6 Å². The van der Waals surface area contributed by atoms with Crippen LogP contribution < -0.4 is 4.90 Å². The molecule has 0 radical (unpaired) electrons. The van der Waals surface area contributed by atoms with Gasteiger partial charge in [-0.15, -0.1) is 0 Å². The third-order valence-corrected chi connectivity index (χ3v) is 4.06. The largest absolute Gasteiger partial charge is 0.371 e. The predicted molar refractivity (Wildman–Crippen MR) is 81.3 cm³/mol. The molecular weight excluding hydrogens is 274 g/mol. The van der Waals surface area contributed by atoms with Crippen molar-refractivity contribution in [3.63, 3.8) is 0 Å². The van der Waals surface area contributed by atoms with Crippen LogP contribution in [0.4, 0.5) is 5.69 Å². The maximum Gasteiger partial charge on any atom is 0.0368 e. The van der Waals surface area contributed by atoms with Gasteiger partial charge in [0.1, 0.15) is 0 Å². The molecule has 0 aliphatic heterocycles. The van der Waals surface area contributed by atoms with Gasteiger partial charge < -0.3 is 4.90 Å². The summed E-state index contributed by atoms with van der Waals surface area (Å²) in [6, 6.07) is 8.80. The lowest BCUT2D eigenvalue weighted by Gasteiger charge is -2.27. The number of rotatable bonds is 7. The molecule has 0 fully saturated rings. The highest BCUT2D eigenvalue weighted by Crippen LogP contribution is 2.19. The first-order chi connectivity index (χ1) is 8.21. The molecule has 0 aliphatic carbocycles. The van der Waals surface area contributed by atoms with E-state index < -0.39 is 0 Å². The highest BCUT2D eigenvalue weighted by atomic mass is 79.9. The molecular formula is C15H24BrN. The van der Waals surface area contributed by atoms with E-state index in [0.717, 1.165) is 24.3 Å². The Bertz CT molecular complexity index is 324. The molecule has 1 atom stereocenters. The number of halogens is 1. The normalized spacial score (nSPS) is 12.5. The third kappa shape index (κ3) is 4.71. The second kappa shape index (κ2) is 7.75. The van der Waals surface area contributed by atoms with Crippen LogP contribution >= 0.6 is 15.9 Å². The Labute approximate surface area is 114 Å². The van der Waals surface area contributed by atoms with Crippen molar-refractivity contribution >= 4 is 21.6 Å². The van der Waals surface area contributed by atoms with E-state index in [-0.39, 0.29) is 0 Å². The van der Waals surface area contributed by atoms with E-state index in [1.165, 1.54) is 24.1 Å². The fraction of sp³-hybridized carbons (Fsp3) is 0.600. The lowest BCUT2D eigenvalue weighted by Crippen LogP contribution is -2.30. The molecule has 0 saturated carbocycles. The minimum Gasteiger partial charge on any atom is -0.371 e. The molecule has 17 heavy (non-hydrogen) atoms. The minimum atomic E-state index is 0.750. The zero-order valence-electron chi connectivity index (χ0n) is 11.2. The lowest BCUT2D eigenvalue weighted by atomic mass is 10.0. The second-order valence-corrected chi connectivity index (χ2v) is 5.33. The molecule has 1 aromatic rings. The monoisotopic (exact) mass is 297 g/mol. The molecule has 2 heteroatoms. The number of benzene rings is 1. The third-order valence-electron chi connectivity index (χ3n) is 3.14. The Hall–Kier alpha value is -0.500. The van der Waals surface area contributed by atoms with Gasteiger partial charge in [-0.25, -0.2) is 0 Å². The summed E-state index contributed by atoms with van der Waals surface area (Å²) in [6.07, 6.45) is 2.56. The number of anilines is 1. The molecule has 0 amide bonds. The summed E-state index contributed by atoms with van der Waals surface area (Å²) in [5.41, 5.74) is 2.70. The molecule has 0 aromatic heterocycles. The summed E-state index contributed by atoms with van der Waals surface area (Å²) in [6.45, 7) is 8.89. The fourth-order valence-corrected chi connectivity index (χ4v) is 2.71. The maximum absolute atomic E-state index is 3.63. The van der Waals surface area contributed by atoms with Crippen LogP contribution in [0, 0.1) is 12.8 Å². The Kier molecular flexibility index (Phi) is 6.64. The Morgan fingerprint density at radius 3 is 2.59 bits per heavy atom. The molecule has 0 aliphatic rings. The van der Waals surface area contributed by atoms with Crippen LogP contribution in [0.2, 0.25) is 0 Å². The molecule has 0 spiro atoms. The van der Waals surface area contributed by atoms with Gasteiger partial charge in [0.2, 0.25) is 0 Å². The quantitative estimate of drug-likeness (QED) is 0.663. The van der Waals surface area contributed by atoms with Gasteiger partial charge in [0.05, 0.1) is 0 Å². The van der Waals surface area contributed by atoms with Gasteiger partial charge in [-0.1, -0.05) is 41.4 Å². The maximum atomic E-state index is 3.63. The van der Waals surface area contributed by atoms with Crippen LogP contribution in [-0.4, -0.2) is 18.4 Å². The topological polar surface area (TPSA) is 3.24 Å². The number of aryl methyl sites for hydroxylation is 1. The summed E-state index contributed by atoms with van der Waals surface area (Å²) in [7, 11) is 0. The first-order valence-corrected chi connectivity index (χ1v) is 7.71. The highest BCUT2D eigenvalue weighted by Gasteiger charge is 2.12. The van der Waals surface area contributed by atoms with Crippen LogP contribution in [0.3, 0.4) is 0 Å². The average molecular weight is 298 g/mol.